The van der Waals surface area contributed by atoms with Gasteiger partial charge in [0.2, 0.25) is 5.91 Å². The van der Waals surface area contributed by atoms with Gasteiger partial charge in [-0.05, 0) is 30.3 Å². The number of nitrogens with zero attached hydrogens (tertiary/aromatic N) is 1. The lowest BCUT2D eigenvalue weighted by Crippen LogP contribution is -2.15. The number of carbonyl (C=O) groups excluding carboxylic acids is 3. The molecule has 0 fully saturated rings. The Morgan fingerprint density at radius 2 is 1.86 bits per heavy atom. The van der Waals surface area contributed by atoms with Crippen molar-refractivity contribution in [3.05, 3.63) is 70.7 Å². The first-order valence-electron chi connectivity index (χ1n) is 8.48. The van der Waals surface area contributed by atoms with Crippen LogP contribution in [-0.2, 0) is 16.0 Å². The molecule has 3 rings (SSSR count). The van der Waals surface area contributed by atoms with Gasteiger partial charge < -0.3 is 15.2 Å². The molecule has 9 heteroatoms. The lowest BCUT2D eigenvalue weighted by atomic mass is 10.1. The van der Waals surface area contributed by atoms with E-state index in [9.17, 15) is 19.5 Å². The topological polar surface area (TPSA) is 118 Å². The number of methoxy groups -OCH3 is 1. The van der Waals surface area contributed by atoms with Gasteiger partial charge in [0.25, 0.3) is 5.91 Å². The predicted octanol–water partition coefficient (Wildman–Crippen LogP) is 3.07. The van der Waals surface area contributed by atoms with Gasteiger partial charge in [0, 0.05) is 16.6 Å². The number of thiazole rings is 1. The van der Waals surface area contributed by atoms with Gasteiger partial charge in [-0.2, -0.15) is 0 Å². The minimum Gasteiger partial charge on any atom is -0.507 e. The molecule has 3 N–H and O–H groups in total. The maximum atomic E-state index is 12.3. The molecule has 1 aromatic heterocycles. The normalized spacial score (nSPS) is 10.2. The van der Waals surface area contributed by atoms with Gasteiger partial charge in [0.15, 0.2) is 5.13 Å². The number of aromatic hydroxyl groups is 1. The molecule has 1 heterocycles. The molecule has 0 aliphatic carbocycles. The van der Waals surface area contributed by atoms with E-state index in [1.807, 2.05) is 6.07 Å². The Balaban J connectivity index is 1.61. The van der Waals surface area contributed by atoms with Crippen LogP contribution in [-0.4, -0.2) is 35.0 Å². The van der Waals surface area contributed by atoms with E-state index in [1.54, 1.807) is 29.6 Å². The number of nitrogens with one attached hydrogen (secondary N) is 2. The zero-order valence-electron chi connectivity index (χ0n) is 15.3. The summed E-state index contributed by atoms with van der Waals surface area (Å²) in [6, 6.07) is 12.8. The van der Waals surface area contributed by atoms with Crippen LogP contribution in [0.4, 0.5) is 10.8 Å². The lowest BCUT2D eigenvalue weighted by molar-refractivity contribution is -0.115. The first-order valence-corrected chi connectivity index (χ1v) is 9.36. The Morgan fingerprint density at radius 3 is 2.59 bits per heavy atom. The second-order valence-electron chi connectivity index (χ2n) is 5.91. The van der Waals surface area contributed by atoms with Crippen molar-refractivity contribution in [1.29, 1.82) is 0 Å². The molecule has 148 valence electrons. The standard InChI is InChI=1S/C20H17N3O5S/c1-28-19(27)15-9-13(7-8-16(15)24)21-17(25)10-14-11-29-20(22-14)23-18(26)12-5-3-2-4-6-12/h2-9,11,24H,10H2,1H3,(H,21,25)(H,22,23,26). The second kappa shape index (κ2) is 8.98. The molecule has 8 nitrogen and oxygen atoms in total. The van der Waals surface area contributed by atoms with Crippen molar-refractivity contribution in [2.75, 3.05) is 17.7 Å². The number of ether oxygens (including phenoxy) is 1. The number of anilines is 2. The number of amides is 2. The molecule has 0 unspecified atom stereocenters. The van der Waals surface area contributed by atoms with E-state index in [1.165, 1.54) is 36.6 Å². The van der Waals surface area contributed by atoms with Crippen LogP contribution in [0.3, 0.4) is 0 Å². The second-order valence-corrected chi connectivity index (χ2v) is 6.77. The van der Waals surface area contributed by atoms with Crippen molar-refractivity contribution in [3.63, 3.8) is 0 Å². The zero-order chi connectivity index (χ0) is 20.8. The van der Waals surface area contributed by atoms with E-state index in [4.69, 9.17) is 0 Å². The Bertz CT molecular complexity index is 1050. The van der Waals surface area contributed by atoms with E-state index in [2.05, 4.69) is 20.4 Å². The number of hydrogen-bond acceptors (Lipinski definition) is 7. The number of rotatable bonds is 6. The monoisotopic (exact) mass is 411 g/mol. The Kier molecular flexibility index (Phi) is 6.20. The van der Waals surface area contributed by atoms with Crippen LogP contribution < -0.4 is 10.6 Å². The Morgan fingerprint density at radius 1 is 1.10 bits per heavy atom. The van der Waals surface area contributed by atoms with Crippen LogP contribution in [0.15, 0.2) is 53.9 Å². The first-order chi connectivity index (χ1) is 14.0. The molecule has 3 aromatic rings. The number of benzene rings is 2. The molecule has 0 aliphatic rings. The van der Waals surface area contributed by atoms with Crippen LogP contribution in [0, 0.1) is 0 Å². The molecule has 2 aromatic carbocycles. The molecule has 0 saturated heterocycles. The third kappa shape index (κ3) is 5.17. The third-order valence-corrected chi connectivity index (χ3v) is 4.64. The highest BCUT2D eigenvalue weighted by molar-refractivity contribution is 7.14. The van der Waals surface area contributed by atoms with Crippen molar-refractivity contribution in [3.8, 4) is 5.75 Å². The molecule has 0 atom stereocenters. The fraction of sp³-hybridized carbons (Fsp3) is 0.100. The van der Waals surface area contributed by atoms with Crippen LogP contribution >= 0.6 is 11.3 Å². The van der Waals surface area contributed by atoms with E-state index in [0.29, 0.717) is 22.1 Å². The number of hydrogen-bond donors (Lipinski definition) is 3. The minimum absolute atomic E-state index is 0.0217. The van der Waals surface area contributed by atoms with Gasteiger partial charge in [-0.3, -0.25) is 14.9 Å². The fourth-order valence-electron chi connectivity index (χ4n) is 2.46. The molecule has 0 radical (unpaired) electrons. The maximum Gasteiger partial charge on any atom is 0.341 e. The van der Waals surface area contributed by atoms with Gasteiger partial charge >= 0.3 is 5.97 Å². The van der Waals surface area contributed by atoms with Gasteiger partial charge in [0.05, 0.1) is 19.2 Å². The minimum atomic E-state index is -0.711. The number of phenols is 1. The largest absolute Gasteiger partial charge is 0.507 e. The third-order valence-electron chi connectivity index (χ3n) is 3.84. The highest BCUT2D eigenvalue weighted by atomic mass is 32.1. The Hall–Kier alpha value is -3.72. The highest BCUT2D eigenvalue weighted by Crippen LogP contribution is 2.23. The summed E-state index contributed by atoms with van der Waals surface area (Å²) in [7, 11) is 1.20. The summed E-state index contributed by atoms with van der Waals surface area (Å²) in [6.07, 6.45) is -0.0217. The number of esters is 1. The summed E-state index contributed by atoms with van der Waals surface area (Å²) in [4.78, 5) is 40.3. The van der Waals surface area contributed by atoms with Crippen molar-refractivity contribution < 1.29 is 24.2 Å². The quantitative estimate of drug-likeness (QED) is 0.424. The number of aromatic nitrogens is 1. The van der Waals surface area contributed by atoms with Crippen molar-refractivity contribution in [2.45, 2.75) is 6.42 Å². The average Bonchev–Trinajstić information content (AvgIpc) is 3.15. The first kappa shape index (κ1) is 20.0. The molecule has 2 amide bonds. The van der Waals surface area contributed by atoms with Gasteiger partial charge in [-0.25, -0.2) is 9.78 Å². The van der Waals surface area contributed by atoms with Gasteiger partial charge in [0.1, 0.15) is 11.3 Å². The zero-order valence-corrected chi connectivity index (χ0v) is 16.2. The summed E-state index contributed by atoms with van der Waals surface area (Å²) >= 11 is 1.21. The maximum absolute atomic E-state index is 12.3. The molecule has 0 spiro atoms. The lowest BCUT2D eigenvalue weighted by Gasteiger charge is -2.07. The van der Waals surface area contributed by atoms with E-state index < -0.39 is 5.97 Å². The van der Waals surface area contributed by atoms with Crippen LogP contribution in [0.5, 0.6) is 5.75 Å². The van der Waals surface area contributed by atoms with Crippen LogP contribution in [0.2, 0.25) is 0 Å². The van der Waals surface area contributed by atoms with E-state index in [-0.39, 0.29) is 29.5 Å². The van der Waals surface area contributed by atoms with Crippen molar-refractivity contribution in [2.24, 2.45) is 0 Å². The van der Waals surface area contributed by atoms with Crippen molar-refractivity contribution in [1.82, 2.24) is 4.98 Å². The SMILES string of the molecule is COC(=O)c1cc(NC(=O)Cc2csc(NC(=O)c3ccccc3)n2)ccc1O. The van der Waals surface area contributed by atoms with E-state index >= 15 is 0 Å². The Labute approximate surface area is 170 Å². The summed E-state index contributed by atoms with van der Waals surface area (Å²) in [6.45, 7) is 0. The van der Waals surface area contributed by atoms with Crippen LogP contribution in [0.25, 0.3) is 0 Å². The summed E-state index contributed by atoms with van der Waals surface area (Å²) in [5, 5.41) is 17.1. The smallest absolute Gasteiger partial charge is 0.341 e. The fourth-order valence-corrected chi connectivity index (χ4v) is 3.17. The molecular weight excluding hydrogens is 394 g/mol. The average molecular weight is 411 g/mol. The summed E-state index contributed by atoms with van der Waals surface area (Å²) in [5.74, 6) is -1.60. The molecule has 29 heavy (non-hydrogen) atoms. The molecular formula is C20H17N3O5S. The number of carbonyl (C=O) groups is 3. The molecule has 0 bridgehead atoms. The highest BCUT2D eigenvalue weighted by Gasteiger charge is 2.15. The van der Waals surface area contributed by atoms with E-state index in [0.717, 1.165) is 0 Å². The summed E-state index contributed by atoms with van der Waals surface area (Å²) in [5.41, 5.74) is 1.28. The van der Waals surface area contributed by atoms with Gasteiger partial charge in [-0.15, -0.1) is 11.3 Å². The number of phenolic OH excluding ortho intramolecular Hbond substituents is 1. The van der Waals surface area contributed by atoms with Crippen LogP contribution in [0.1, 0.15) is 26.4 Å². The predicted molar refractivity (Wildman–Crippen MR) is 108 cm³/mol. The van der Waals surface area contributed by atoms with Crippen molar-refractivity contribution >= 4 is 39.9 Å². The van der Waals surface area contributed by atoms with Gasteiger partial charge in [-0.1, -0.05) is 18.2 Å². The summed E-state index contributed by atoms with van der Waals surface area (Å²) < 4.78 is 4.58. The molecule has 0 aliphatic heterocycles. The molecule has 0 saturated carbocycles.